The molecule has 2 N–H and O–H groups in total. The van der Waals surface area contributed by atoms with Gasteiger partial charge in [-0.05, 0) is 48.6 Å². The summed E-state index contributed by atoms with van der Waals surface area (Å²) in [6.45, 7) is 6.30. The molecule has 0 radical (unpaired) electrons. The highest BCUT2D eigenvalue weighted by Crippen LogP contribution is 2.34. The van der Waals surface area contributed by atoms with Gasteiger partial charge in [0.2, 0.25) is 0 Å². The molecule has 0 unspecified atom stereocenters. The Labute approximate surface area is 198 Å². The minimum absolute atomic E-state index is 0.0362. The lowest BCUT2D eigenvalue weighted by molar-refractivity contribution is -0.304. The number of carbonyl (C=O) groups excluding carboxylic acids is 1. The molecule has 0 atom stereocenters. The van der Waals surface area contributed by atoms with Crippen molar-refractivity contribution < 1.29 is 25.0 Å². The summed E-state index contributed by atoms with van der Waals surface area (Å²) >= 11 is 7.82. The van der Waals surface area contributed by atoms with Crippen LogP contribution in [-0.2, 0) is 17.6 Å². The van der Waals surface area contributed by atoms with Gasteiger partial charge in [-0.3, -0.25) is 0 Å². The van der Waals surface area contributed by atoms with Gasteiger partial charge in [-0.2, -0.15) is 0 Å². The smallest absolute Gasteiger partial charge is 0.131 e. The highest BCUT2D eigenvalue weighted by Gasteiger charge is 2.19. The van der Waals surface area contributed by atoms with Gasteiger partial charge in [0, 0.05) is 34.2 Å². The number of ether oxygens (including phenoxy) is 1. The fraction of sp³-hybridized carbons (Fsp3) is 0.417. The van der Waals surface area contributed by atoms with Gasteiger partial charge in [-0.25, -0.2) is 0 Å². The van der Waals surface area contributed by atoms with Gasteiger partial charge in [-0.1, -0.05) is 50.0 Å². The van der Waals surface area contributed by atoms with E-state index in [2.05, 4.69) is 5.16 Å². The number of phenols is 1. The number of rotatable bonds is 12. The number of aliphatic carboxylic acids is 1. The lowest BCUT2D eigenvalue weighted by atomic mass is 9.95. The summed E-state index contributed by atoms with van der Waals surface area (Å²) in [4.78, 5) is 11.6. The maximum Gasteiger partial charge on any atom is 0.131 e. The summed E-state index contributed by atoms with van der Waals surface area (Å²) in [7, 11) is 0. The van der Waals surface area contributed by atoms with Gasteiger partial charge < -0.3 is 25.0 Å². The molecule has 2 rings (SSSR count). The van der Waals surface area contributed by atoms with Crippen molar-refractivity contribution >= 4 is 35.0 Å². The van der Waals surface area contributed by atoms with Crippen LogP contribution in [0.25, 0.3) is 0 Å². The summed E-state index contributed by atoms with van der Waals surface area (Å²) in [5.41, 5.74) is 2.28. The van der Waals surface area contributed by atoms with E-state index in [-0.39, 0.29) is 18.1 Å². The topological polar surface area (TPSA) is 102 Å². The van der Waals surface area contributed by atoms with Gasteiger partial charge in [0.15, 0.2) is 0 Å². The van der Waals surface area contributed by atoms with Crippen molar-refractivity contribution in [2.75, 3.05) is 12.4 Å². The van der Waals surface area contributed by atoms with E-state index in [0.29, 0.717) is 46.2 Å². The number of halogens is 1. The molecule has 2 aromatic rings. The lowest BCUT2D eigenvalue weighted by Crippen LogP contribution is -2.24. The van der Waals surface area contributed by atoms with Crippen molar-refractivity contribution in [3.8, 4) is 11.5 Å². The van der Waals surface area contributed by atoms with E-state index < -0.39 is 5.97 Å². The molecule has 0 amide bonds. The molecule has 0 heterocycles. The van der Waals surface area contributed by atoms with Crippen LogP contribution in [0.4, 0.5) is 0 Å². The second-order valence-corrected chi connectivity index (χ2v) is 9.24. The van der Waals surface area contributed by atoms with Crippen molar-refractivity contribution in [2.24, 2.45) is 11.1 Å². The Hall–Kier alpha value is -2.38. The number of oxime groups is 1. The van der Waals surface area contributed by atoms with E-state index in [1.807, 2.05) is 32.9 Å². The Morgan fingerprint density at radius 1 is 1.28 bits per heavy atom. The number of benzene rings is 2. The molecule has 0 saturated carbocycles. The SMILES string of the molecule is CCCc1c(OCCCSc2ccc(CC(=O)[O-])cc2Cl)ccc(/C(=N/O)C(C)C)c1O. The van der Waals surface area contributed by atoms with Crippen molar-refractivity contribution in [2.45, 2.75) is 51.3 Å². The molecule has 6 nitrogen and oxygen atoms in total. The van der Waals surface area contributed by atoms with Crippen molar-refractivity contribution in [1.29, 1.82) is 0 Å². The van der Waals surface area contributed by atoms with Crippen LogP contribution in [0.2, 0.25) is 5.02 Å². The van der Waals surface area contributed by atoms with Crippen LogP contribution in [0.1, 0.15) is 50.3 Å². The third-order valence-corrected chi connectivity index (χ3v) is 6.40. The van der Waals surface area contributed by atoms with E-state index in [0.717, 1.165) is 23.5 Å². The van der Waals surface area contributed by atoms with E-state index in [1.165, 1.54) is 0 Å². The number of carboxylic acids is 1. The Morgan fingerprint density at radius 3 is 2.62 bits per heavy atom. The maximum absolute atomic E-state index is 10.8. The molecule has 0 aliphatic rings. The Bertz CT molecular complexity index is 962. The highest BCUT2D eigenvalue weighted by molar-refractivity contribution is 7.99. The fourth-order valence-electron chi connectivity index (χ4n) is 3.29. The summed E-state index contributed by atoms with van der Waals surface area (Å²) < 4.78 is 5.95. The van der Waals surface area contributed by atoms with Gasteiger partial charge in [0.05, 0.1) is 17.3 Å². The van der Waals surface area contributed by atoms with E-state index in [1.54, 1.807) is 30.0 Å². The number of carbonyl (C=O) groups is 1. The first-order valence-electron chi connectivity index (χ1n) is 10.6. The zero-order chi connectivity index (χ0) is 23.7. The Balaban J connectivity index is 1.98. The van der Waals surface area contributed by atoms with Crippen LogP contribution in [-0.4, -0.2) is 34.4 Å². The number of hydrogen-bond acceptors (Lipinski definition) is 7. The zero-order valence-corrected chi connectivity index (χ0v) is 20.1. The first kappa shape index (κ1) is 25.9. The van der Waals surface area contributed by atoms with Gasteiger partial charge in [0.1, 0.15) is 11.5 Å². The standard InChI is InChI=1S/C24H30ClNO5S/c1-4-6-17-20(9-8-18(24(17)29)23(26-30)15(2)3)31-11-5-12-32-21-10-7-16(13-19(21)25)14-22(27)28/h7-10,13,15,29-30H,4-6,11-12,14H2,1-3H3,(H,27,28)/p-1/b26-23+. The van der Waals surface area contributed by atoms with Crippen molar-refractivity contribution in [3.05, 3.63) is 52.0 Å². The van der Waals surface area contributed by atoms with Crippen LogP contribution >= 0.6 is 23.4 Å². The van der Waals surface area contributed by atoms with Crippen LogP contribution < -0.4 is 9.84 Å². The summed E-state index contributed by atoms with van der Waals surface area (Å²) in [5, 5.41) is 34.7. The lowest BCUT2D eigenvalue weighted by Gasteiger charge is -2.17. The fourth-order valence-corrected chi connectivity index (χ4v) is 4.50. The third kappa shape index (κ3) is 7.07. The van der Waals surface area contributed by atoms with Crippen LogP contribution in [0.3, 0.4) is 0 Å². The minimum atomic E-state index is -1.13. The molecule has 0 fully saturated rings. The quantitative estimate of drug-likeness (QED) is 0.151. The number of nitrogens with zero attached hydrogens (tertiary/aromatic N) is 1. The first-order chi connectivity index (χ1) is 15.3. The first-order valence-corrected chi connectivity index (χ1v) is 12.0. The number of hydrogen-bond donors (Lipinski definition) is 2. The number of aromatic hydroxyl groups is 1. The van der Waals surface area contributed by atoms with Gasteiger partial charge in [0.25, 0.3) is 0 Å². The van der Waals surface area contributed by atoms with Crippen LogP contribution in [0.5, 0.6) is 11.5 Å². The number of carboxylic acid groups (broad SMARTS) is 1. The van der Waals surface area contributed by atoms with Crippen molar-refractivity contribution in [3.63, 3.8) is 0 Å². The van der Waals surface area contributed by atoms with Crippen LogP contribution in [0, 0.1) is 5.92 Å². The third-order valence-electron chi connectivity index (χ3n) is 4.82. The Kier molecular flexibility index (Phi) is 10.2. The molecule has 174 valence electrons. The molecule has 8 heteroatoms. The van der Waals surface area contributed by atoms with Gasteiger partial charge >= 0.3 is 0 Å². The zero-order valence-electron chi connectivity index (χ0n) is 18.6. The minimum Gasteiger partial charge on any atom is -0.550 e. The molecular weight excluding hydrogens is 450 g/mol. The predicted octanol–water partition coefficient (Wildman–Crippen LogP) is 4.69. The predicted molar refractivity (Wildman–Crippen MR) is 126 cm³/mol. The number of phenolic OH excluding ortho intramolecular Hbond substituents is 1. The van der Waals surface area contributed by atoms with E-state index in [9.17, 15) is 20.2 Å². The summed E-state index contributed by atoms with van der Waals surface area (Å²) in [5.74, 6) is 0.323. The van der Waals surface area contributed by atoms with E-state index >= 15 is 0 Å². The molecule has 0 saturated heterocycles. The molecule has 0 bridgehead atoms. The maximum atomic E-state index is 10.8. The highest BCUT2D eigenvalue weighted by atomic mass is 35.5. The molecule has 0 spiro atoms. The average molecular weight is 479 g/mol. The second kappa shape index (κ2) is 12.6. The van der Waals surface area contributed by atoms with E-state index in [4.69, 9.17) is 16.3 Å². The number of thioether (sulfide) groups is 1. The van der Waals surface area contributed by atoms with Gasteiger partial charge in [-0.15, -0.1) is 11.8 Å². The van der Waals surface area contributed by atoms with Crippen LogP contribution in [0.15, 0.2) is 40.4 Å². The molecule has 2 aromatic carbocycles. The summed E-state index contributed by atoms with van der Waals surface area (Å²) in [6, 6.07) is 8.74. The van der Waals surface area contributed by atoms with Crippen molar-refractivity contribution in [1.82, 2.24) is 0 Å². The monoisotopic (exact) mass is 478 g/mol. The summed E-state index contributed by atoms with van der Waals surface area (Å²) in [6.07, 6.45) is 2.08. The molecule has 0 aliphatic carbocycles. The molecule has 0 aliphatic heterocycles. The molecule has 32 heavy (non-hydrogen) atoms. The normalized spacial score (nSPS) is 11.7. The molecule has 0 aromatic heterocycles. The molecular formula is C24H29ClNO5S-. The Morgan fingerprint density at radius 2 is 2.03 bits per heavy atom. The average Bonchev–Trinajstić information content (AvgIpc) is 2.72. The largest absolute Gasteiger partial charge is 0.550 e. The second-order valence-electron chi connectivity index (χ2n) is 7.69.